The Morgan fingerprint density at radius 2 is 1.90 bits per heavy atom. The van der Waals surface area contributed by atoms with Crippen LogP contribution in [0.4, 0.5) is 5.82 Å². The summed E-state index contributed by atoms with van der Waals surface area (Å²) >= 11 is 0. The van der Waals surface area contributed by atoms with Crippen LogP contribution >= 0.6 is 0 Å². The van der Waals surface area contributed by atoms with E-state index in [1.54, 1.807) is 23.5 Å². The summed E-state index contributed by atoms with van der Waals surface area (Å²) in [6.07, 6.45) is 6.76. The average Bonchev–Trinajstić information content (AvgIpc) is 3.70. The van der Waals surface area contributed by atoms with E-state index >= 15 is 0 Å². The summed E-state index contributed by atoms with van der Waals surface area (Å²) in [6, 6.07) is 13.2. The second-order valence-electron chi connectivity index (χ2n) is 10.0. The molecule has 4 aromatic heterocycles. The van der Waals surface area contributed by atoms with E-state index in [4.69, 9.17) is 10.7 Å². The summed E-state index contributed by atoms with van der Waals surface area (Å²) in [6.45, 7) is 3.39. The van der Waals surface area contributed by atoms with E-state index in [1.165, 1.54) is 11.4 Å². The van der Waals surface area contributed by atoms with E-state index in [-0.39, 0.29) is 23.5 Å². The number of aryl methyl sites for hydroxylation is 1. The first kappa shape index (κ1) is 25.9. The number of hydrogen-bond acceptors (Lipinski definition) is 9. The molecule has 1 aromatic carbocycles. The number of aromatic amines is 1. The number of benzene rings is 1. The van der Waals surface area contributed by atoms with Gasteiger partial charge in [0.05, 0.1) is 23.1 Å². The van der Waals surface area contributed by atoms with Crippen molar-refractivity contribution in [1.82, 2.24) is 39.7 Å². The number of pyridine rings is 1. The van der Waals surface area contributed by atoms with Crippen LogP contribution in [0.25, 0.3) is 28.0 Å². The zero-order chi connectivity index (χ0) is 28.7. The molecule has 0 fully saturated rings. The van der Waals surface area contributed by atoms with Crippen LogP contribution in [0.1, 0.15) is 53.4 Å². The largest absolute Gasteiger partial charge is 0.479 e. The number of ketones is 1. The maximum absolute atomic E-state index is 13.0. The summed E-state index contributed by atoms with van der Waals surface area (Å²) in [5.74, 6) is -0.464. The van der Waals surface area contributed by atoms with Gasteiger partial charge in [-0.05, 0) is 39.2 Å². The molecule has 4 N–H and O–H groups in total. The topological polar surface area (TPSA) is 168 Å². The van der Waals surface area contributed by atoms with Crippen molar-refractivity contribution in [3.05, 3.63) is 83.7 Å². The molecule has 206 valence electrons. The number of nitrogen functional groups attached to an aromatic ring is 1. The molecular weight excluding hydrogens is 522 g/mol. The fraction of sp³-hybridized carbons (Fsp3) is 0.207. The molecule has 1 atom stereocenters. The lowest BCUT2D eigenvalue weighted by Gasteiger charge is -2.23. The summed E-state index contributed by atoms with van der Waals surface area (Å²) in [5.41, 5.74) is 12.3. The van der Waals surface area contributed by atoms with Crippen molar-refractivity contribution in [2.24, 2.45) is 0 Å². The van der Waals surface area contributed by atoms with Gasteiger partial charge in [-0.15, -0.1) is 5.10 Å². The maximum atomic E-state index is 13.0. The smallest absolute Gasteiger partial charge is 0.312 e. The Hall–Kier alpha value is -5.39. The second kappa shape index (κ2) is 10.3. The fourth-order valence-electron chi connectivity index (χ4n) is 5.27. The standard InChI is InChI=1S/C29H27N9O3/c1-16-12-20(37(15-16)28(40)26-34-29(41)36-35-26)9-11-23-24(17(2)39)25(30)38-27(33-23)21(14-32-38)19-8-10-22(31-13-19)18-6-4-3-5-7-18/h3-8,10,13-15,20H,9,11-12,30H2,1-2H3,(H2,34,35,36,41). The number of rotatable bonds is 7. The predicted molar refractivity (Wildman–Crippen MR) is 151 cm³/mol. The first-order valence-electron chi connectivity index (χ1n) is 13.1. The van der Waals surface area contributed by atoms with Gasteiger partial charge in [0.15, 0.2) is 11.4 Å². The Morgan fingerprint density at radius 1 is 1.10 bits per heavy atom. The molecule has 0 spiro atoms. The highest BCUT2D eigenvalue weighted by Crippen LogP contribution is 2.31. The molecule has 5 aromatic rings. The van der Waals surface area contributed by atoms with Crippen LogP contribution in [-0.2, 0) is 6.42 Å². The number of H-pyrrole nitrogens is 1. The van der Waals surface area contributed by atoms with Crippen molar-refractivity contribution in [2.75, 3.05) is 5.73 Å². The third kappa shape index (κ3) is 4.80. The van der Waals surface area contributed by atoms with Gasteiger partial charge in [-0.2, -0.15) is 9.61 Å². The fourth-order valence-corrected chi connectivity index (χ4v) is 5.27. The van der Waals surface area contributed by atoms with Crippen LogP contribution in [-0.4, -0.2) is 62.5 Å². The molecule has 0 saturated heterocycles. The van der Waals surface area contributed by atoms with Gasteiger partial charge in [0.1, 0.15) is 5.82 Å². The number of amides is 1. The van der Waals surface area contributed by atoms with Crippen LogP contribution in [0.3, 0.4) is 0 Å². The normalized spacial score (nSPS) is 14.9. The second-order valence-corrected chi connectivity index (χ2v) is 10.0. The highest BCUT2D eigenvalue weighted by Gasteiger charge is 2.31. The van der Waals surface area contributed by atoms with Gasteiger partial charge in [0.25, 0.3) is 5.91 Å². The molecule has 5 heterocycles. The van der Waals surface area contributed by atoms with Crippen molar-refractivity contribution in [2.45, 2.75) is 39.2 Å². The molecule has 0 aliphatic carbocycles. The third-order valence-electron chi connectivity index (χ3n) is 7.19. The van der Waals surface area contributed by atoms with Crippen molar-refractivity contribution in [3.63, 3.8) is 0 Å². The Labute approximate surface area is 234 Å². The van der Waals surface area contributed by atoms with Gasteiger partial charge >= 0.3 is 6.01 Å². The summed E-state index contributed by atoms with van der Waals surface area (Å²) in [7, 11) is 0. The van der Waals surface area contributed by atoms with Crippen molar-refractivity contribution in [1.29, 1.82) is 0 Å². The minimum absolute atomic E-state index is 0.0533. The average molecular weight is 550 g/mol. The van der Waals surface area contributed by atoms with Crippen LogP contribution in [0.2, 0.25) is 0 Å². The highest BCUT2D eigenvalue weighted by molar-refractivity contribution is 6.00. The molecule has 0 bridgehead atoms. The maximum Gasteiger partial charge on any atom is 0.312 e. The van der Waals surface area contributed by atoms with E-state index in [0.29, 0.717) is 36.2 Å². The summed E-state index contributed by atoms with van der Waals surface area (Å²) in [4.78, 5) is 39.3. The summed E-state index contributed by atoms with van der Waals surface area (Å²) < 4.78 is 1.48. The molecule has 6 rings (SSSR count). The molecule has 41 heavy (non-hydrogen) atoms. The molecule has 1 aliphatic rings. The van der Waals surface area contributed by atoms with Crippen LogP contribution in [0, 0.1) is 0 Å². The third-order valence-corrected chi connectivity index (χ3v) is 7.19. The summed E-state index contributed by atoms with van der Waals surface area (Å²) in [5, 5.41) is 21.1. The SMILES string of the molecule is CC(=O)c1c(CCC2CC(C)=CN2C(=O)c2nnc(O)[nH]2)nc2c(-c3ccc(-c4ccccc4)nc3)cnn2c1N. The van der Waals surface area contributed by atoms with E-state index in [0.717, 1.165) is 28.0 Å². The first-order chi connectivity index (χ1) is 19.8. The quantitative estimate of drug-likeness (QED) is 0.256. The van der Waals surface area contributed by atoms with E-state index < -0.39 is 11.9 Å². The number of nitrogens with zero attached hydrogens (tertiary/aromatic N) is 7. The monoisotopic (exact) mass is 549 g/mol. The molecule has 1 unspecified atom stereocenters. The number of anilines is 1. The van der Waals surface area contributed by atoms with Gasteiger partial charge in [-0.25, -0.2) is 4.98 Å². The molecule has 12 heteroatoms. The van der Waals surface area contributed by atoms with Crippen molar-refractivity contribution < 1.29 is 14.7 Å². The van der Waals surface area contributed by atoms with Gasteiger partial charge in [-0.1, -0.05) is 47.1 Å². The molecule has 0 radical (unpaired) electrons. The van der Waals surface area contributed by atoms with Gasteiger partial charge in [-0.3, -0.25) is 19.6 Å². The zero-order valence-corrected chi connectivity index (χ0v) is 22.4. The number of hydrogen-bond donors (Lipinski definition) is 3. The van der Waals surface area contributed by atoms with Crippen molar-refractivity contribution >= 4 is 23.2 Å². The highest BCUT2D eigenvalue weighted by atomic mass is 16.3. The van der Waals surface area contributed by atoms with Crippen LogP contribution in [0.5, 0.6) is 6.01 Å². The van der Waals surface area contributed by atoms with Crippen LogP contribution in [0.15, 0.2) is 66.6 Å². The first-order valence-corrected chi connectivity index (χ1v) is 13.1. The number of aromatic nitrogens is 7. The van der Waals surface area contributed by atoms with E-state index in [9.17, 15) is 14.7 Å². The van der Waals surface area contributed by atoms with Crippen molar-refractivity contribution in [3.8, 4) is 28.4 Å². The lowest BCUT2D eigenvalue weighted by Crippen LogP contribution is -2.34. The Kier molecular flexibility index (Phi) is 6.50. The van der Waals surface area contributed by atoms with E-state index in [1.807, 2.05) is 49.4 Å². The Morgan fingerprint density at radius 3 is 2.59 bits per heavy atom. The zero-order valence-electron chi connectivity index (χ0n) is 22.4. The number of Topliss-reactive ketones (excluding diaryl/α,β-unsaturated/α-hetero) is 1. The molecule has 1 amide bonds. The predicted octanol–water partition coefficient (Wildman–Crippen LogP) is 3.82. The van der Waals surface area contributed by atoms with E-state index in [2.05, 4.69) is 25.3 Å². The Bertz CT molecular complexity index is 1810. The van der Waals surface area contributed by atoms with Crippen LogP contribution < -0.4 is 5.73 Å². The number of nitrogens with one attached hydrogen (secondary N) is 1. The lowest BCUT2D eigenvalue weighted by atomic mass is 10.0. The number of carbonyl (C=O) groups excluding carboxylic acids is 2. The lowest BCUT2D eigenvalue weighted by molar-refractivity contribution is 0.0766. The molecule has 12 nitrogen and oxygen atoms in total. The van der Waals surface area contributed by atoms with Gasteiger partial charge < -0.3 is 15.7 Å². The minimum atomic E-state index is -0.426. The number of nitrogens with two attached hydrogens (primary N) is 1. The molecule has 0 saturated carbocycles. The minimum Gasteiger partial charge on any atom is -0.479 e. The molecule has 1 aliphatic heterocycles. The Balaban J connectivity index is 1.31. The number of fused-ring (bicyclic) bond motifs is 1. The number of carbonyl (C=O) groups is 2. The molecular formula is C29H27N9O3. The van der Waals surface area contributed by atoms with Gasteiger partial charge in [0, 0.05) is 35.1 Å². The van der Waals surface area contributed by atoms with Gasteiger partial charge in [0.2, 0.25) is 5.82 Å². The number of aromatic hydroxyl groups is 1.